The highest BCUT2D eigenvalue weighted by Crippen LogP contribution is 2.22. The molecule has 4 aromatic rings. The molecule has 0 aliphatic carbocycles. The highest BCUT2D eigenvalue weighted by molar-refractivity contribution is 7.89. The number of carboxylic acid groups (broad SMARTS) is 1. The molecule has 0 aliphatic heterocycles. The molecule has 0 radical (unpaired) electrons. The average molecular weight is 557 g/mol. The van der Waals surface area contributed by atoms with E-state index in [0.29, 0.717) is 17.1 Å². The second-order valence-electron chi connectivity index (χ2n) is 7.70. The summed E-state index contributed by atoms with van der Waals surface area (Å²) in [4.78, 5) is 23.9. The first-order valence-electron chi connectivity index (χ1n) is 10.5. The number of aromatic carboxylic acids is 1. The predicted octanol–water partition coefficient (Wildman–Crippen LogP) is 2.10. The lowest BCUT2D eigenvalue weighted by atomic mass is 10.2. The van der Waals surface area contributed by atoms with Crippen LogP contribution in [-0.2, 0) is 20.0 Å². The minimum absolute atomic E-state index is 0.0664. The fraction of sp³-hybridized carbons (Fsp3) is 0. The molecule has 4 rings (SSSR count). The molecule has 1 heterocycles. The second-order valence-corrected chi connectivity index (χ2v) is 10.8. The zero-order valence-corrected chi connectivity index (χ0v) is 20.9. The summed E-state index contributed by atoms with van der Waals surface area (Å²) in [6.45, 7) is 0. The molecule has 38 heavy (non-hydrogen) atoms. The van der Waals surface area contributed by atoms with E-state index in [1.807, 2.05) is 0 Å². The maximum absolute atomic E-state index is 11.5. The molecule has 0 atom stereocenters. The first kappa shape index (κ1) is 26.4. The summed E-state index contributed by atoms with van der Waals surface area (Å²) >= 11 is 0. The number of benzene rings is 3. The van der Waals surface area contributed by atoms with Gasteiger partial charge in [0.25, 0.3) is 0 Å². The van der Waals surface area contributed by atoms with Crippen LogP contribution in [0.25, 0.3) is 0 Å². The molecule has 1 aromatic heterocycles. The van der Waals surface area contributed by atoms with Crippen molar-refractivity contribution in [3.8, 4) is 0 Å². The van der Waals surface area contributed by atoms with Crippen LogP contribution < -0.4 is 26.2 Å². The number of sulfonamides is 2. The van der Waals surface area contributed by atoms with Gasteiger partial charge in [0, 0.05) is 17.1 Å². The number of aromatic nitrogens is 3. The Hall–Kier alpha value is -4.64. The number of nitrogens with two attached hydrogens (primary N) is 2. The summed E-state index contributed by atoms with van der Waals surface area (Å²) < 4.78 is 46.0. The van der Waals surface area contributed by atoms with Crippen molar-refractivity contribution in [2.75, 3.05) is 16.0 Å². The topological polar surface area (TPSA) is 232 Å². The van der Waals surface area contributed by atoms with Crippen molar-refractivity contribution in [1.82, 2.24) is 15.0 Å². The third-order valence-electron chi connectivity index (χ3n) is 4.90. The average Bonchev–Trinajstić information content (AvgIpc) is 2.84. The van der Waals surface area contributed by atoms with E-state index in [2.05, 4.69) is 30.9 Å². The lowest BCUT2D eigenvalue weighted by molar-refractivity contribution is 0.0697. The lowest BCUT2D eigenvalue weighted by Gasteiger charge is -2.12. The van der Waals surface area contributed by atoms with Crippen LogP contribution in [0.1, 0.15) is 10.4 Å². The molecule has 3 aromatic carbocycles. The van der Waals surface area contributed by atoms with Crippen LogP contribution in [0.3, 0.4) is 0 Å². The van der Waals surface area contributed by atoms with Crippen molar-refractivity contribution in [1.29, 1.82) is 0 Å². The highest BCUT2D eigenvalue weighted by atomic mass is 32.2. The normalized spacial score (nSPS) is 11.5. The van der Waals surface area contributed by atoms with Gasteiger partial charge in [0.05, 0.1) is 15.4 Å². The van der Waals surface area contributed by atoms with Gasteiger partial charge in [0.2, 0.25) is 37.9 Å². The summed E-state index contributed by atoms with van der Waals surface area (Å²) in [5, 5.41) is 28.2. The van der Waals surface area contributed by atoms with Crippen molar-refractivity contribution in [3.05, 3.63) is 78.4 Å². The fourth-order valence-corrected chi connectivity index (χ4v) is 4.11. The molecule has 8 N–H and O–H groups in total. The molecule has 0 aliphatic rings. The lowest BCUT2D eigenvalue weighted by Crippen LogP contribution is -2.12. The van der Waals surface area contributed by atoms with Crippen LogP contribution in [0.15, 0.2) is 82.6 Å². The maximum atomic E-state index is 11.5. The van der Waals surface area contributed by atoms with E-state index in [1.165, 1.54) is 72.8 Å². The molecule has 14 nitrogen and oxygen atoms in total. The molecule has 0 fully saturated rings. The fourth-order valence-electron chi connectivity index (χ4n) is 3.08. The Bertz CT molecular complexity index is 1600. The van der Waals surface area contributed by atoms with Crippen molar-refractivity contribution >= 4 is 60.9 Å². The second kappa shape index (κ2) is 10.4. The van der Waals surface area contributed by atoms with Gasteiger partial charge in [-0.2, -0.15) is 15.0 Å². The van der Waals surface area contributed by atoms with Crippen molar-refractivity contribution < 1.29 is 26.7 Å². The number of nitrogens with one attached hydrogen (secondary N) is 3. The number of carbonyl (C=O) groups is 1. The predicted molar refractivity (Wildman–Crippen MR) is 139 cm³/mol. The molecule has 0 unspecified atom stereocenters. The minimum Gasteiger partial charge on any atom is -0.478 e. The van der Waals surface area contributed by atoms with Gasteiger partial charge in [0.15, 0.2) is 0 Å². The number of rotatable bonds is 9. The summed E-state index contributed by atoms with van der Waals surface area (Å²) in [5.41, 5.74) is 1.49. The van der Waals surface area contributed by atoms with Gasteiger partial charge in [-0.25, -0.2) is 31.9 Å². The van der Waals surface area contributed by atoms with Gasteiger partial charge in [-0.1, -0.05) is 0 Å². The minimum atomic E-state index is -3.87. The molecule has 0 bridgehead atoms. The molecule has 0 saturated heterocycles. The van der Waals surface area contributed by atoms with E-state index in [1.54, 1.807) is 0 Å². The zero-order chi connectivity index (χ0) is 27.5. The van der Waals surface area contributed by atoms with Crippen LogP contribution >= 0.6 is 0 Å². The van der Waals surface area contributed by atoms with Gasteiger partial charge in [-0.15, -0.1) is 0 Å². The SMILES string of the molecule is NS(=O)(=O)c1ccc(Nc2nc(Nc3ccc(C(=O)O)cc3)nc(Nc3ccc(S(N)(=O)=O)cc3)n2)cc1. The summed E-state index contributed by atoms with van der Waals surface area (Å²) in [6.07, 6.45) is 0. The maximum Gasteiger partial charge on any atom is 0.335 e. The van der Waals surface area contributed by atoms with E-state index in [4.69, 9.17) is 15.4 Å². The smallest absolute Gasteiger partial charge is 0.335 e. The van der Waals surface area contributed by atoms with E-state index < -0.39 is 26.0 Å². The Morgan fingerprint density at radius 2 is 0.868 bits per heavy atom. The van der Waals surface area contributed by atoms with Crippen molar-refractivity contribution in [2.24, 2.45) is 10.3 Å². The van der Waals surface area contributed by atoms with Gasteiger partial charge >= 0.3 is 5.97 Å². The standard InChI is InChI=1S/C22H20N8O6S2/c23-37(33,34)17-9-5-15(6-10-17)26-21-28-20(25-14-3-1-13(2-4-14)19(31)32)29-22(30-21)27-16-7-11-18(12-8-16)38(24,35)36/h1-12H,(H,31,32)(H2,23,33,34)(H2,24,35,36)(H3,25,26,27,28,29,30). The van der Waals surface area contributed by atoms with Gasteiger partial charge in [-0.3, -0.25) is 0 Å². The number of carboxylic acids is 1. The highest BCUT2D eigenvalue weighted by Gasteiger charge is 2.12. The number of hydrogen-bond acceptors (Lipinski definition) is 11. The zero-order valence-electron chi connectivity index (χ0n) is 19.2. The summed E-state index contributed by atoms with van der Waals surface area (Å²) in [7, 11) is -7.73. The number of nitrogens with zero attached hydrogens (tertiary/aromatic N) is 3. The largest absolute Gasteiger partial charge is 0.478 e. The Morgan fingerprint density at radius 1 is 0.579 bits per heavy atom. The number of hydrogen-bond donors (Lipinski definition) is 6. The van der Waals surface area contributed by atoms with Gasteiger partial charge < -0.3 is 21.1 Å². The molecule has 0 amide bonds. The first-order chi connectivity index (χ1) is 17.9. The molecule has 196 valence electrons. The van der Waals surface area contributed by atoms with Crippen LogP contribution in [0.2, 0.25) is 0 Å². The van der Waals surface area contributed by atoms with E-state index in [0.717, 1.165) is 0 Å². The third kappa shape index (κ3) is 6.77. The van der Waals surface area contributed by atoms with Gasteiger partial charge in [0.1, 0.15) is 0 Å². The summed E-state index contributed by atoms with van der Waals surface area (Å²) in [5.74, 6) is -0.861. The van der Waals surface area contributed by atoms with Crippen LogP contribution in [0.5, 0.6) is 0 Å². The Balaban J connectivity index is 1.64. The Labute approximate surface area is 216 Å². The molecule has 16 heteroatoms. The van der Waals surface area contributed by atoms with Crippen molar-refractivity contribution in [3.63, 3.8) is 0 Å². The van der Waals surface area contributed by atoms with Crippen LogP contribution in [0, 0.1) is 0 Å². The van der Waals surface area contributed by atoms with E-state index >= 15 is 0 Å². The Kier molecular flexibility index (Phi) is 7.22. The molecular weight excluding hydrogens is 536 g/mol. The van der Waals surface area contributed by atoms with Crippen molar-refractivity contribution in [2.45, 2.75) is 9.79 Å². The number of primary sulfonamides is 2. The quantitative estimate of drug-likeness (QED) is 0.174. The van der Waals surface area contributed by atoms with E-state index in [-0.39, 0.29) is 33.2 Å². The van der Waals surface area contributed by atoms with Gasteiger partial charge in [-0.05, 0) is 72.8 Å². The first-order valence-corrected chi connectivity index (χ1v) is 13.6. The number of anilines is 6. The molecular formula is C22H20N8O6S2. The summed E-state index contributed by atoms with van der Waals surface area (Å²) in [6, 6.07) is 17.0. The molecule has 0 saturated carbocycles. The molecule has 0 spiro atoms. The van der Waals surface area contributed by atoms with E-state index in [9.17, 15) is 21.6 Å². The van der Waals surface area contributed by atoms with Crippen LogP contribution in [-0.4, -0.2) is 42.9 Å². The van der Waals surface area contributed by atoms with Crippen LogP contribution in [0.4, 0.5) is 34.9 Å². The Morgan fingerprint density at radius 3 is 1.13 bits per heavy atom. The third-order valence-corrected chi connectivity index (χ3v) is 6.76. The monoisotopic (exact) mass is 556 g/mol.